The lowest BCUT2D eigenvalue weighted by Crippen LogP contribution is -2.49. The fourth-order valence-electron chi connectivity index (χ4n) is 2.56. The Labute approximate surface area is 158 Å². The minimum absolute atomic E-state index is 0.0631. The summed E-state index contributed by atoms with van der Waals surface area (Å²) in [6.07, 6.45) is 0. The average molecular weight is 372 g/mol. The van der Waals surface area contributed by atoms with Crippen LogP contribution in [-0.4, -0.2) is 24.5 Å². The third kappa shape index (κ3) is 5.81. The summed E-state index contributed by atoms with van der Waals surface area (Å²) in [5.74, 6) is -0.531. The number of halogens is 1. The molecule has 0 aliphatic carbocycles. The van der Waals surface area contributed by atoms with E-state index >= 15 is 0 Å². The van der Waals surface area contributed by atoms with Gasteiger partial charge in [0, 0.05) is 17.7 Å². The van der Waals surface area contributed by atoms with Crippen molar-refractivity contribution in [2.24, 2.45) is 5.92 Å². The number of carbonyl (C=O) groups is 2. The molecule has 2 N–H and O–H groups in total. The van der Waals surface area contributed by atoms with Gasteiger partial charge in [-0.1, -0.05) is 32.0 Å². The maximum absolute atomic E-state index is 13.7. The van der Waals surface area contributed by atoms with Crippen molar-refractivity contribution < 1.29 is 18.7 Å². The van der Waals surface area contributed by atoms with E-state index in [9.17, 15) is 14.0 Å². The first-order valence-corrected chi connectivity index (χ1v) is 8.97. The first kappa shape index (κ1) is 20.4. The summed E-state index contributed by atoms with van der Waals surface area (Å²) in [6.45, 7) is 6.17. The highest BCUT2D eigenvalue weighted by Gasteiger charge is 2.24. The van der Waals surface area contributed by atoms with E-state index in [1.165, 1.54) is 6.07 Å². The van der Waals surface area contributed by atoms with E-state index < -0.39 is 6.04 Å². The lowest BCUT2D eigenvalue weighted by molar-refractivity contribution is -0.124. The lowest BCUT2D eigenvalue weighted by atomic mass is 10.0. The molecule has 0 aliphatic rings. The van der Waals surface area contributed by atoms with Gasteiger partial charge in [0.05, 0.1) is 6.61 Å². The molecule has 2 amide bonds. The van der Waals surface area contributed by atoms with Crippen molar-refractivity contribution in [3.8, 4) is 5.75 Å². The highest BCUT2D eigenvalue weighted by molar-refractivity contribution is 5.97. The van der Waals surface area contributed by atoms with Gasteiger partial charge in [0.15, 0.2) is 0 Å². The molecule has 0 radical (unpaired) electrons. The zero-order valence-corrected chi connectivity index (χ0v) is 15.8. The number of carbonyl (C=O) groups excluding carboxylic acids is 2. The molecule has 5 nitrogen and oxygen atoms in total. The Morgan fingerprint density at radius 1 is 1.07 bits per heavy atom. The minimum Gasteiger partial charge on any atom is -0.494 e. The fraction of sp³-hybridized carbons (Fsp3) is 0.333. The quantitative estimate of drug-likeness (QED) is 0.747. The highest BCUT2D eigenvalue weighted by atomic mass is 19.1. The van der Waals surface area contributed by atoms with E-state index in [4.69, 9.17) is 4.74 Å². The van der Waals surface area contributed by atoms with Crippen LogP contribution in [0.4, 0.5) is 4.39 Å². The normalized spacial score (nSPS) is 11.7. The molecule has 0 bridgehead atoms. The summed E-state index contributed by atoms with van der Waals surface area (Å²) in [7, 11) is 0. The molecular formula is C21H25FN2O3. The average Bonchev–Trinajstić information content (AvgIpc) is 2.65. The van der Waals surface area contributed by atoms with Gasteiger partial charge in [0.2, 0.25) is 5.91 Å². The van der Waals surface area contributed by atoms with Crippen LogP contribution < -0.4 is 15.4 Å². The van der Waals surface area contributed by atoms with E-state index in [1.54, 1.807) is 42.5 Å². The second-order valence-electron chi connectivity index (χ2n) is 6.46. The van der Waals surface area contributed by atoms with Crippen molar-refractivity contribution >= 4 is 11.8 Å². The van der Waals surface area contributed by atoms with E-state index in [2.05, 4.69) is 10.6 Å². The predicted molar refractivity (Wildman–Crippen MR) is 102 cm³/mol. The van der Waals surface area contributed by atoms with Crippen molar-refractivity contribution in [2.75, 3.05) is 6.61 Å². The molecule has 0 saturated carbocycles. The first-order valence-electron chi connectivity index (χ1n) is 8.97. The van der Waals surface area contributed by atoms with Crippen molar-refractivity contribution in [3.05, 3.63) is 65.5 Å². The maximum Gasteiger partial charge on any atom is 0.251 e. The summed E-state index contributed by atoms with van der Waals surface area (Å²) in [5.41, 5.74) is 0.831. The van der Waals surface area contributed by atoms with Gasteiger partial charge in [-0.25, -0.2) is 4.39 Å². The molecule has 2 rings (SSSR count). The molecule has 0 spiro atoms. The van der Waals surface area contributed by atoms with E-state index in [1.807, 2.05) is 20.8 Å². The Bertz CT molecular complexity index is 775. The fourth-order valence-corrected chi connectivity index (χ4v) is 2.56. The molecule has 0 aliphatic heterocycles. The number of hydrogen-bond acceptors (Lipinski definition) is 3. The van der Waals surface area contributed by atoms with Crippen LogP contribution in [0.1, 0.15) is 36.7 Å². The van der Waals surface area contributed by atoms with Crippen molar-refractivity contribution in [1.82, 2.24) is 10.6 Å². The van der Waals surface area contributed by atoms with Gasteiger partial charge in [-0.15, -0.1) is 0 Å². The predicted octanol–water partition coefficient (Wildman–Crippen LogP) is 3.30. The molecule has 1 atom stereocenters. The summed E-state index contributed by atoms with van der Waals surface area (Å²) in [4.78, 5) is 25.0. The largest absolute Gasteiger partial charge is 0.494 e. The van der Waals surface area contributed by atoms with Gasteiger partial charge >= 0.3 is 0 Å². The van der Waals surface area contributed by atoms with E-state index in [-0.39, 0.29) is 30.1 Å². The van der Waals surface area contributed by atoms with Crippen LogP contribution >= 0.6 is 0 Å². The topological polar surface area (TPSA) is 67.4 Å². The lowest BCUT2D eigenvalue weighted by Gasteiger charge is -2.22. The summed E-state index contributed by atoms with van der Waals surface area (Å²) >= 11 is 0. The molecule has 2 aromatic carbocycles. The number of rotatable bonds is 8. The number of nitrogens with one attached hydrogen (secondary N) is 2. The van der Waals surface area contributed by atoms with Crippen LogP contribution in [-0.2, 0) is 11.3 Å². The monoisotopic (exact) mass is 372 g/mol. The van der Waals surface area contributed by atoms with Crippen LogP contribution in [0, 0.1) is 11.7 Å². The third-order valence-corrected chi connectivity index (χ3v) is 4.07. The van der Waals surface area contributed by atoms with Crippen molar-refractivity contribution in [3.63, 3.8) is 0 Å². The molecule has 0 saturated heterocycles. The maximum atomic E-state index is 13.7. The summed E-state index contributed by atoms with van der Waals surface area (Å²) in [5, 5.41) is 5.44. The smallest absolute Gasteiger partial charge is 0.251 e. The Kier molecular flexibility index (Phi) is 7.34. The molecule has 144 valence electrons. The third-order valence-electron chi connectivity index (χ3n) is 4.07. The first-order chi connectivity index (χ1) is 12.9. The van der Waals surface area contributed by atoms with Crippen LogP contribution in [0.2, 0.25) is 0 Å². The van der Waals surface area contributed by atoms with E-state index in [0.29, 0.717) is 23.5 Å². The van der Waals surface area contributed by atoms with E-state index in [0.717, 1.165) is 0 Å². The zero-order valence-electron chi connectivity index (χ0n) is 15.8. The Morgan fingerprint density at radius 3 is 2.33 bits per heavy atom. The summed E-state index contributed by atoms with van der Waals surface area (Å²) in [6, 6.07) is 12.2. The Balaban J connectivity index is 2.00. The van der Waals surface area contributed by atoms with Crippen LogP contribution in [0.5, 0.6) is 5.75 Å². The Morgan fingerprint density at radius 2 is 1.74 bits per heavy atom. The van der Waals surface area contributed by atoms with Gasteiger partial charge in [0.1, 0.15) is 17.6 Å². The molecule has 27 heavy (non-hydrogen) atoms. The van der Waals surface area contributed by atoms with Gasteiger partial charge in [-0.2, -0.15) is 0 Å². The number of amides is 2. The van der Waals surface area contributed by atoms with Gasteiger partial charge < -0.3 is 15.4 Å². The molecule has 1 unspecified atom stereocenters. The molecule has 0 aromatic heterocycles. The van der Waals surface area contributed by atoms with Crippen LogP contribution in [0.3, 0.4) is 0 Å². The summed E-state index contributed by atoms with van der Waals surface area (Å²) < 4.78 is 19.0. The van der Waals surface area contributed by atoms with Gasteiger partial charge in [-0.3, -0.25) is 9.59 Å². The number of ether oxygens (including phenoxy) is 1. The second-order valence-corrected chi connectivity index (χ2v) is 6.46. The van der Waals surface area contributed by atoms with Crippen molar-refractivity contribution in [2.45, 2.75) is 33.4 Å². The van der Waals surface area contributed by atoms with Crippen LogP contribution in [0.25, 0.3) is 0 Å². The SMILES string of the molecule is CCOc1ccc(C(=O)NC(C(=O)NCc2ccccc2F)C(C)C)cc1. The minimum atomic E-state index is -0.726. The molecule has 2 aromatic rings. The molecule has 6 heteroatoms. The van der Waals surface area contributed by atoms with Crippen LogP contribution in [0.15, 0.2) is 48.5 Å². The molecular weight excluding hydrogens is 347 g/mol. The number of hydrogen-bond donors (Lipinski definition) is 2. The zero-order chi connectivity index (χ0) is 19.8. The number of benzene rings is 2. The van der Waals surface area contributed by atoms with Crippen molar-refractivity contribution in [1.29, 1.82) is 0 Å². The molecule has 0 heterocycles. The standard InChI is InChI=1S/C21H25FN2O3/c1-4-27-17-11-9-15(10-12-17)20(25)24-19(14(2)3)21(26)23-13-16-7-5-6-8-18(16)22/h5-12,14,19H,4,13H2,1-3H3,(H,23,26)(H,24,25). The van der Waals surface area contributed by atoms with Gasteiger partial charge in [0.25, 0.3) is 5.91 Å². The second kappa shape index (κ2) is 9.71. The Hall–Kier alpha value is -2.89. The highest BCUT2D eigenvalue weighted by Crippen LogP contribution is 2.13. The van der Waals surface area contributed by atoms with Gasteiger partial charge in [-0.05, 0) is 43.2 Å². The molecule has 0 fully saturated rings.